The van der Waals surface area contributed by atoms with Gasteiger partial charge in [0.25, 0.3) is 11.8 Å². The standard InChI is InChI=1S/C17H22N8O9S2/c18-3-7-4-24(16(30)20-7)5-9-11(13(27)25(9)36(31,32)33)22-12(26)10(8-6-35-15(19)21-8)23-34-17(1-2-17)14(28)29/h6-7,9,11H,1-5,18H2,(H2,19,21)(H,20,30)(H,22,26)(H,28,29)(H,31,32,33)/b23-10-. The molecular weight excluding hydrogens is 524 g/mol. The average molecular weight is 547 g/mol. The maximum Gasteiger partial charge on any atom is 0.362 e. The second kappa shape index (κ2) is 9.15. The summed E-state index contributed by atoms with van der Waals surface area (Å²) in [6.45, 7) is -0.133. The summed E-state index contributed by atoms with van der Waals surface area (Å²) in [5.74, 6) is -3.49. The fourth-order valence-corrected chi connectivity index (χ4v) is 5.14. The number of carbonyl (C=O) groups is 4. The van der Waals surface area contributed by atoms with Crippen LogP contribution in [0.15, 0.2) is 10.5 Å². The number of nitrogens with zero attached hydrogens (tertiary/aromatic N) is 4. The molecule has 4 rings (SSSR count). The number of carboxylic acid groups (broad SMARTS) is 1. The Morgan fingerprint density at radius 1 is 1.39 bits per heavy atom. The van der Waals surface area contributed by atoms with Crippen molar-refractivity contribution >= 4 is 56.3 Å². The predicted molar refractivity (Wildman–Crippen MR) is 121 cm³/mol. The highest BCUT2D eigenvalue weighted by atomic mass is 32.2. The number of aromatic nitrogens is 1. The van der Waals surface area contributed by atoms with Crippen LogP contribution < -0.4 is 22.1 Å². The van der Waals surface area contributed by atoms with E-state index in [4.69, 9.17) is 16.3 Å². The Bertz CT molecular complexity index is 1240. The van der Waals surface area contributed by atoms with Crippen LogP contribution in [0.5, 0.6) is 0 Å². The van der Waals surface area contributed by atoms with Gasteiger partial charge in [0.2, 0.25) is 5.60 Å². The van der Waals surface area contributed by atoms with E-state index >= 15 is 0 Å². The number of oxime groups is 1. The molecule has 17 nitrogen and oxygen atoms in total. The van der Waals surface area contributed by atoms with Crippen LogP contribution in [0.25, 0.3) is 0 Å². The molecule has 1 aromatic heterocycles. The number of nitrogens with one attached hydrogen (secondary N) is 2. The van der Waals surface area contributed by atoms with Gasteiger partial charge in [-0.05, 0) is 0 Å². The number of carbonyl (C=O) groups excluding carboxylic acids is 3. The molecule has 0 bridgehead atoms. The average Bonchev–Trinajstić information content (AvgIpc) is 3.34. The molecule has 3 heterocycles. The van der Waals surface area contributed by atoms with Gasteiger partial charge in [0.05, 0.1) is 12.1 Å². The lowest BCUT2D eigenvalue weighted by atomic mass is 9.97. The predicted octanol–water partition coefficient (Wildman–Crippen LogP) is -3.09. The molecule has 2 aliphatic heterocycles. The van der Waals surface area contributed by atoms with Crippen molar-refractivity contribution in [1.82, 2.24) is 24.8 Å². The summed E-state index contributed by atoms with van der Waals surface area (Å²) < 4.78 is 33.2. The maximum atomic E-state index is 13.1. The third-order valence-electron chi connectivity index (χ3n) is 5.84. The third-order valence-corrected chi connectivity index (χ3v) is 7.46. The van der Waals surface area contributed by atoms with Crippen molar-refractivity contribution in [3.8, 4) is 0 Å². The Hall–Kier alpha value is -3.55. The number of thiazole rings is 1. The van der Waals surface area contributed by atoms with E-state index in [9.17, 15) is 37.3 Å². The summed E-state index contributed by atoms with van der Waals surface area (Å²) in [6.07, 6.45) is 0.322. The monoisotopic (exact) mass is 546 g/mol. The molecule has 3 unspecified atom stereocenters. The minimum atomic E-state index is -5.01. The fraction of sp³-hybridized carbons (Fsp3) is 0.529. The van der Waals surface area contributed by atoms with Crippen LogP contribution in [0.2, 0.25) is 0 Å². The van der Waals surface area contributed by atoms with Gasteiger partial charge in [-0.3, -0.25) is 14.1 Å². The minimum Gasteiger partial charge on any atom is -0.478 e. The highest BCUT2D eigenvalue weighted by molar-refractivity contribution is 7.84. The minimum absolute atomic E-state index is 0.0644. The lowest BCUT2D eigenvalue weighted by molar-refractivity contribution is -0.153. The van der Waals surface area contributed by atoms with Crippen molar-refractivity contribution in [3.05, 3.63) is 11.1 Å². The summed E-state index contributed by atoms with van der Waals surface area (Å²) in [6, 6.07) is -3.81. The molecule has 8 N–H and O–H groups in total. The highest BCUT2D eigenvalue weighted by Crippen LogP contribution is 2.40. The van der Waals surface area contributed by atoms with E-state index in [2.05, 4.69) is 20.8 Å². The Labute approximate surface area is 207 Å². The number of hydrogen-bond donors (Lipinski definition) is 6. The summed E-state index contributed by atoms with van der Waals surface area (Å²) >= 11 is 0.958. The van der Waals surface area contributed by atoms with Crippen LogP contribution in [0.1, 0.15) is 18.5 Å². The maximum absolute atomic E-state index is 13.1. The number of aliphatic carboxylic acids is 1. The van der Waals surface area contributed by atoms with E-state index in [1.165, 1.54) is 10.3 Å². The molecule has 4 amide bonds. The van der Waals surface area contributed by atoms with Crippen LogP contribution in [0.3, 0.4) is 0 Å². The van der Waals surface area contributed by atoms with Gasteiger partial charge in [0, 0.05) is 37.9 Å². The van der Waals surface area contributed by atoms with E-state index in [1.807, 2.05) is 0 Å². The van der Waals surface area contributed by atoms with E-state index in [0.29, 0.717) is 0 Å². The highest BCUT2D eigenvalue weighted by Gasteiger charge is 2.56. The summed E-state index contributed by atoms with van der Waals surface area (Å²) in [4.78, 5) is 59.4. The molecule has 36 heavy (non-hydrogen) atoms. The van der Waals surface area contributed by atoms with Gasteiger partial charge in [0.1, 0.15) is 11.7 Å². The second-order valence-corrected chi connectivity index (χ2v) is 10.5. The summed E-state index contributed by atoms with van der Waals surface area (Å²) in [7, 11) is -5.01. The fourth-order valence-electron chi connectivity index (χ4n) is 3.72. The number of urea groups is 1. The number of rotatable bonds is 10. The number of amides is 4. The SMILES string of the molecule is NCC1CN(CC2C(NC(=O)/C(=N\OC3(C(=O)O)CC3)c3csc(N)n3)C(=O)N2S(=O)(=O)O)C(=O)N1. The van der Waals surface area contributed by atoms with E-state index < -0.39 is 63.6 Å². The molecule has 196 valence electrons. The zero-order valence-corrected chi connectivity index (χ0v) is 20.0. The second-order valence-electron chi connectivity index (χ2n) is 8.32. The lowest BCUT2D eigenvalue weighted by Gasteiger charge is -2.45. The first kappa shape index (κ1) is 25.5. The van der Waals surface area contributed by atoms with Gasteiger partial charge in [-0.25, -0.2) is 18.9 Å². The molecule has 0 aromatic carbocycles. The molecule has 2 saturated heterocycles. The molecule has 1 saturated carbocycles. The van der Waals surface area contributed by atoms with E-state index in [-0.39, 0.29) is 47.6 Å². The Morgan fingerprint density at radius 2 is 2.08 bits per heavy atom. The van der Waals surface area contributed by atoms with Gasteiger partial charge in [-0.2, -0.15) is 8.42 Å². The van der Waals surface area contributed by atoms with Gasteiger partial charge in [-0.15, -0.1) is 11.3 Å². The first-order valence-electron chi connectivity index (χ1n) is 10.4. The van der Waals surface area contributed by atoms with Crippen LogP contribution >= 0.6 is 11.3 Å². The normalized spacial score (nSPS) is 25.3. The smallest absolute Gasteiger partial charge is 0.362 e. The van der Waals surface area contributed by atoms with Crippen molar-refractivity contribution < 1.29 is 42.1 Å². The molecule has 0 radical (unpaired) electrons. The Morgan fingerprint density at radius 3 is 2.58 bits per heavy atom. The zero-order valence-electron chi connectivity index (χ0n) is 18.4. The lowest BCUT2D eigenvalue weighted by Crippen LogP contribution is -2.74. The summed E-state index contributed by atoms with van der Waals surface area (Å²) in [5.41, 5.74) is 8.99. The first-order chi connectivity index (χ1) is 16.9. The van der Waals surface area contributed by atoms with E-state index in [0.717, 1.165) is 11.3 Å². The molecule has 3 fully saturated rings. The summed E-state index contributed by atoms with van der Waals surface area (Å²) in [5, 5.41) is 19.2. The van der Waals surface area contributed by atoms with Crippen molar-refractivity contribution in [3.63, 3.8) is 0 Å². The molecule has 0 spiro atoms. The Kier molecular flexibility index (Phi) is 6.49. The van der Waals surface area contributed by atoms with Crippen LogP contribution in [-0.2, 0) is 29.5 Å². The van der Waals surface area contributed by atoms with Gasteiger partial charge >= 0.3 is 22.3 Å². The number of carboxylic acids is 1. The molecule has 3 atom stereocenters. The van der Waals surface area contributed by atoms with Gasteiger partial charge in [0.15, 0.2) is 10.8 Å². The molecule has 19 heteroatoms. The molecular formula is C17H22N8O9S2. The van der Waals surface area contributed by atoms with Crippen LogP contribution in [0, 0.1) is 0 Å². The zero-order chi connectivity index (χ0) is 26.4. The largest absolute Gasteiger partial charge is 0.478 e. The molecule has 3 aliphatic rings. The van der Waals surface area contributed by atoms with Crippen molar-refractivity contribution in [2.75, 3.05) is 25.4 Å². The number of β-lactam (4-membered cyclic amide) rings is 1. The third kappa shape index (κ3) is 4.76. The molecule has 1 aromatic rings. The number of nitrogens with two attached hydrogens (primary N) is 2. The van der Waals surface area contributed by atoms with E-state index in [1.54, 1.807) is 0 Å². The van der Waals surface area contributed by atoms with Gasteiger partial charge < -0.3 is 36.9 Å². The number of hydrogen-bond acceptors (Lipinski definition) is 12. The molecule has 1 aliphatic carbocycles. The van der Waals surface area contributed by atoms with Crippen molar-refractivity contribution in [2.45, 2.75) is 36.6 Å². The van der Waals surface area contributed by atoms with Gasteiger partial charge in [-0.1, -0.05) is 5.16 Å². The first-order valence-corrected chi connectivity index (χ1v) is 12.7. The van der Waals surface area contributed by atoms with Crippen molar-refractivity contribution in [1.29, 1.82) is 0 Å². The van der Waals surface area contributed by atoms with Crippen LogP contribution in [-0.4, -0.2) is 105 Å². The Balaban J connectivity index is 1.56. The quantitative estimate of drug-likeness (QED) is 0.0738. The van der Waals surface area contributed by atoms with Crippen LogP contribution in [0.4, 0.5) is 9.93 Å². The number of anilines is 1. The van der Waals surface area contributed by atoms with Crippen molar-refractivity contribution in [2.24, 2.45) is 10.9 Å². The topological polar surface area (TPSA) is 260 Å². The number of nitrogen functional groups attached to an aromatic ring is 1.